The Morgan fingerprint density at radius 2 is 1.84 bits per heavy atom. The third-order valence-electron chi connectivity index (χ3n) is 3.10. The number of unbranched alkanes of at least 4 members (excludes halogenated alkanes) is 5. The first kappa shape index (κ1) is 15.7. The molecule has 3 nitrogen and oxygen atoms in total. The molecule has 0 atom stereocenters. The Balaban J connectivity index is 2.30. The monoisotopic (exact) mass is 263 g/mol. The number of ketones is 1. The summed E-state index contributed by atoms with van der Waals surface area (Å²) in [5.41, 5.74) is 0.666. The molecule has 0 spiro atoms. The minimum Gasteiger partial charge on any atom is -0.492 e. The van der Waals surface area contributed by atoms with E-state index < -0.39 is 0 Å². The van der Waals surface area contributed by atoms with E-state index >= 15 is 0 Å². The number of rotatable bonds is 10. The maximum absolute atomic E-state index is 12.0. The van der Waals surface area contributed by atoms with Crippen LogP contribution in [0.25, 0.3) is 0 Å². The molecule has 0 aromatic carbocycles. The smallest absolute Gasteiger partial charge is 0.164 e. The van der Waals surface area contributed by atoms with Gasteiger partial charge in [0.1, 0.15) is 5.75 Å². The van der Waals surface area contributed by atoms with Crippen molar-refractivity contribution in [3.63, 3.8) is 0 Å². The van der Waals surface area contributed by atoms with Crippen molar-refractivity contribution >= 4 is 5.78 Å². The van der Waals surface area contributed by atoms with Crippen LogP contribution in [0.3, 0.4) is 0 Å². The van der Waals surface area contributed by atoms with Gasteiger partial charge in [-0.1, -0.05) is 39.0 Å². The predicted molar refractivity (Wildman–Crippen MR) is 77.7 cm³/mol. The second-order valence-electron chi connectivity index (χ2n) is 4.78. The summed E-state index contributed by atoms with van der Waals surface area (Å²) in [6.07, 6.45) is 11.1. The first-order valence-electron chi connectivity index (χ1n) is 7.39. The summed E-state index contributed by atoms with van der Waals surface area (Å²) < 4.78 is 5.35. The zero-order valence-electron chi connectivity index (χ0n) is 12.2. The van der Waals surface area contributed by atoms with Crippen molar-refractivity contribution < 1.29 is 9.53 Å². The number of carbonyl (C=O) groups is 1. The highest BCUT2D eigenvalue weighted by Gasteiger charge is 2.07. The van der Waals surface area contributed by atoms with Gasteiger partial charge in [0.25, 0.3) is 0 Å². The zero-order valence-corrected chi connectivity index (χ0v) is 12.2. The molecule has 1 heterocycles. The lowest BCUT2D eigenvalue weighted by Crippen LogP contribution is -2.01. The van der Waals surface area contributed by atoms with Crippen LogP contribution in [0.5, 0.6) is 5.75 Å². The van der Waals surface area contributed by atoms with E-state index in [-0.39, 0.29) is 5.78 Å². The van der Waals surface area contributed by atoms with E-state index in [1.807, 2.05) is 6.92 Å². The Bertz CT molecular complexity index is 377. The Morgan fingerprint density at radius 3 is 2.58 bits per heavy atom. The summed E-state index contributed by atoms with van der Waals surface area (Å²) >= 11 is 0. The lowest BCUT2D eigenvalue weighted by atomic mass is 10.0. The van der Waals surface area contributed by atoms with Crippen molar-refractivity contribution in [2.45, 2.75) is 58.8 Å². The first-order valence-corrected chi connectivity index (χ1v) is 7.39. The normalized spacial score (nSPS) is 10.4. The molecule has 1 aromatic rings. The molecule has 0 saturated heterocycles. The molecule has 0 fully saturated rings. The van der Waals surface area contributed by atoms with Crippen molar-refractivity contribution in [1.29, 1.82) is 0 Å². The van der Waals surface area contributed by atoms with Gasteiger partial charge >= 0.3 is 0 Å². The molecule has 1 rings (SSSR count). The highest BCUT2D eigenvalue weighted by atomic mass is 16.5. The van der Waals surface area contributed by atoms with Crippen LogP contribution in [0, 0.1) is 0 Å². The van der Waals surface area contributed by atoms with Gasteiger partial charge in [-0.15, -0.1) is 0 Å². The maximum atomic E-state index is 12.0. The molecule has 0 aliphatic carbocycles. The summed E-state index contributed by atoms with van der Waals surface area (Å²) in [6, 6.07) is 1.79. The number of pyridine rings is 1. The SMILES string of the molecule is CCCCCCCCC(=O)c1cncc(OCC)c1. The molecule has 1 aromatic heterocycles. The van der Waals surface area contributed by atoms with E-state index in [4.69, 9.17) is 4.74 Å². The fraction of sp³-hybridized carbons (Fsp3) is 0.625. The molecule has 0 aliphatic rings. The lowest BCUT2D eigenvalue weighted by Gasteiger charge is -2.05. The molecule has 0 bridgehead atoms. The van der Waals surface area contributed by atoms with Crippen LogP contribution in [0.15, 0.2) is 18.5 Å². The molecule has 0 saturated carbocycles. The van der Waals surface area contributed by atoms with E-state index in [1.165, 1.54) is 25.7 Å². The molecular weight excluding hydrogens is 238 g/mol. The van der Waals surface area contributed by atoms with E-state index in [0.717, 1.165) is 12.8 Å². The van der Waals surface area contributed by atoms with Crippen LogP contribution in [-0.4, -0.2) is 17.4 Å². The average molecular weight is 263 g/mol. The van der Waals surface area contributed by atoms with Crippen molar-refractivity contribution in [3.05, 3.63) is 24.0 Å². The predicted octanol–water partition coefficient (Wildman–Crippen LogP) is 4.41. The minimum absolute atomic E-state index is 0.171. The Kier molecular flexibility index (Phi) is 7.87. The number of hydrogen-bond donors (Lipinski definition) is 0. The molecule has 3 heteroatoms. The van der Waals surface area contributed by atoms with Gasteiger partial charge in [0.2, 0.25) is 0 Å². The van der Waals surface area contributed by atoms with Crippen LogP contribution in [-0.2, 0) is 0 Å². The molecule has 19 heavy (non-hydrogen) atoms. The topological polar surface area (TPSA) is 39.2 Å². The van der Waals surface area contributed by atoms with Gasteiger partial charge in [-0.05, 0) is 19.4 Å². The summed E-state index contributed by atoms with van der Waals surface area (Å²) in [5, 5.41) is 0. The van der Waals surface area contributed by atoms with Gasteiger partial charge in [0.15, 0.2) is 5.78 Å². The van der Waals surface area contributed by atoms with Crippen LogP contribution in [0.1, 0.15) is 69.2 Å². The number of hydrogen-bond acceptors (Lipinski definition) is 3. The van der Waals surface area contributed by atoms with Gasteiger partial charge < -0.3 is 4.74 Å². The van der Waals surface area contributed by atoms with Crippen LogP contribution < -0.4 is 4.74 Å². The summed E-state index contributed by atoms with van der Waals surface area (Å²) in [7, 11) is 0. The molecule has 0 unspecified atom stereocenters. The van der Waals surface area contributed by atoms with Crippen molar-refractivity contribution in [1.82, 2.24) is 4.98 Å². The van der Waals surface area contributed by atoms with E-state index in [0.29, 0.717) is 24.3 Å². The fourth-order valence-electron chi connectivity index (χ4n) is 2.03. The zero-order chi connectivity index (χ0) is 13.9. The summed E-state index contributed by atoms with van der Waals surface area (Å²) in [5.74, 6) is 0.848. The molecule has 106 valence electrons. The highest BCUT2D eigenvalue weighted by Crippen LogP contribution is 2.15. The molecule has 0 aliphatic heterocycles. The Morgan fingerprint density at radius 1 is 1.11 bits per heavy atom. The first-order chi connectivity index (χ1) is 9.27. The van der Waals surface area contributed by atoms with Gasteiger partial charge in [-0.3, -0.25) is 9.78 Å². The molecular formula is C16H25NO2. The van der Waals surface area contributed by atoms with E-state index in [1.54, 1.807) is 18.5 Å². The number of Topliss-reactive ketones (excluding diaryl/α,β-unsaturated/α-hetero) is 1. The van der Waals surface area contributed by atoms with E-state index in [9.17, 15) is 4.79 Å². The number of aromatic nitrogens is 1. The summed E-state index contributed by atoms with van der Waals surface area (Å²) in [6.45, 7) is 4.73. The second kappa shape index (κ2) is 9.54. The summed E-state index contributed by atoms with van der Waals surface area (Å²) in [4.78, 5) is 16.0. The van der Waals surface area contributed by atoms with Gasteiger partial charge in [0, 0.05) is 18.2 Å². The third kappa shape index (κ3) is 6.37. The van der Waals surface area contributed by atoms with Gasteiger partial charge in [-0.25, -0.2) is 0 Å². The van der Waals surface area contributed by atoms with Crippen LogP contribution in [0.2, 0.25) is 0 Å². The lowest BCUT2D eigenvalue weighted by molar-refractivity contribution is 0.0978. The molecule has 0 radical (unpaired) electrons. The van der Waals surface area contributed by atoms with Crippen molar-refractivity contribution in [2.24, 2.45) is 0 Å². The fourth-order valence-corrected chi connectivity index (χ4v) is 2.03. The Hall–Kier alpha value is -1.38. The number of nitrogens with zero attached hydrogens (tertiary/aromatic N) is 1. The standard InChI is InChI=1S/C16H25NO2/c1-3-5-6-7-8-9-10-16(18)14-11-15(19-4-2)13-17-12-14/h11-13H,3-10H2,1-2H3. The van der Waals surface area contributed by atoms with Crippen LogP contribution in [0.4, 0.5) is 0 Å². The van der Waals surface area contributed by atoms with Gasteiger partial charge in [-0.2, -0.15) is 0 Å². The largest absolute Gasteiger partial charge is 0.492 e. The van der Waals surface area contributed by atoms with Crippen molar-refractivity contribution in [2.75, 3.05) is 6.61 Å². The quantitative estimate of drug-likeness (QED) is 0.463. The maximum Gasteiger partial charge on any atom is 0.164 e. The molecule has 0 N–H and O–H groups in total. The third-order valence-corrected chi connectivity index (χ3v) is 3.10. The number of ether oxygens (including phenoxy) is 1. The van der Waals surface area contributed by atoms with Crippen LogP contribution >= 0.6 is 0 Å². The highest BCUT2D eigenvalue weighted by molar-refractivity contribution is 5.96. The molecule has 0 amide bonds. The number of carbonyl (C=O) groups excluding carboxylic acids is 1. The van der Waals surface area contributed by atoms with Crippen molar-refractivity contribution in [3.8, 4) is 5.75 Å². The Labute approximate surface area is 116 Å². The van der Waals surface area contributed by atoms with Gasteiger partial charge in [0.05, 0.1) is 12.8 Å². The second-order valence-corrected chi connectivity index (χ2v) is 4.78. The average Bonchev–Trinajstić information content (AvgIpc) is 2.43. The minimum atomic E-state index is 0.171. The van der Waals surface area contributed by atoms with E-state index in [2.05, 4.69) is 11.9 Å².